The van der Waals surface area contributed by atoms with Crippen LogP contribution in [0.2, 0.25) is 0 Å². The van der Waals surface area contributed by atoms with Gasteiger partial charge in [-0.2, -0.15) is 0 Å². The lowest BCUT2D eigenvalue weighted by Crippen LogP contribution is -2.31. The van der Waals surface area contributed by atoms with Crippen LogP contribution in [0.3, 0.4) is 0 Å². The summed E-state index contributed by atoms with van der Waals surface area (Å²) in [7, 11) is -1.89. The van der Waals surface area contributed by atoms with Crippen LogP contribution in [0.4, 0.5) is 0 Å². The number of ether oxygens (including phenoxy) is 1. The summed E-state index contributed by atoms with van der Waals surface area (Å²) in [5.41, 5.74) is 1.87. The lowest BCUT2D eigenvalue weighted by atomic mass is 10.2. The predicted octanol–water partition coefficient (Wildman–Crippen LogP) is 1.62. The van der Waals surface area contributed by atoms with Crippen molar-refractivity contribution in [1.82, 2.24) is 4.72 Å². The fraction of sp³-hybridized carbons (Fsp3) is 0.500. The summed E-state index contributed by atoms with van der Waals surface area (Å²) < 4.78 is 31.5. The van der Waals surface area contributed by atoms with Crippen LogP contribution < -0.4 is 4.72 Å². The van der Waals surface area contributed by atoms with E-state index in [0.29, 0.717) is 4.90 Å². The first-order valence-electron chi connectivity index (χ1n) is 5.46. The average molecular weight is 257 g/mol. The van der Waals surface area contributed by atoms with Crippen molar-refractivity contribution < 1.29 is 13.2 Å². The van der Waals surface area contributed by atoms with Gasteiger partial charge in [-0.1, -0.05) is 6.07 Å². The Morgan fingerprint density at radius 3 is 2.24 bits per heavy atom. The zero-order valence-corrected chi connectivity index (χ0v) is 11.5. The van der Waals surface area contributed by atoms with E-state index in [2.05, 4.69) is 4.72 Å². The van der Waals surface area contributed by atoms with Crippen molar-refractivity contribution in [2.75, 3.05) is 13.7 Å². The molecule has 0 saturated heterocycles. The zero-order chi connectivity index (χ0) is 13.1. The smallest absolute Gasteiger partial charge is 0.240 e. The molecule has 96 valence electrons. The van der Waals surface area contributed by atoms with Crippen LogP contribution in [-0.2, 0) is 14.8 Å². The molecule has 0 aliphatic rings. The van der Waals surface area contributed by atoms with Crippen molar-refractivity contribution in [3.8, 4) is 0 Å². The minimum atomic E-state index is -3.44. The number of hydrogen-bond donors (Lipinski definition) is 1. The molecule has 0 bridgehead atoms. The van der Waals surface area contributed by atoms with E-state index < -0.39 is 10.0 Å². The summed E-state index contributed by atoms with van der Waals surface area (Å²) >= 11 is 0. The Labute approximate surface area is 103 Å². The molecule has 1 aromatic carbocycles. The van der Waals surface area contributed by atoms with Gasteiger partial charge in [0.2, 0.25) is 10.0 Å². The first kappa shape index (κ1) is 14.2. The number of hydrogen-bond acceptors (Lipinski definition) is 3. The summed E-state index contributed by atoms with van der Waals surface area (Å²) in [5, 5.41) is 0. The molecule has 4 nitrogen and oxygen atoms in total. The lowest BCUT2D eigenvalue weighted by molar-refractivity contribution is 0.122. The molecule has 1 atom stereocenters. The van der Waals surface area contributed by atoms with Gasteiger partial charge in [0.1, 0.15) is 0 Å². The van der Waals surface area contributed by atoms with Crippen molar-refractivity contribution in [3.05, 3.63) is 29.3 Å². The van der Waals surface area contributed by atoms with Gasteiger partial charge in [-0.05, 0) is 44.0 Å². The number of aryl methyl sites for hydroxylation is 2. The highest BCUT2D eigenvalue weighted by molar-refractivity contribution is 7.89. The van der Waals surface area contributed by atoms with Gasteiger partial charge >= 0.3 is 0 Å². The minimum absolute atomic E-state index is 0.143. The maximum absolute atomic E-state index is 12.0. The third-order valence-corrected chi connectivity index (χ3v) is 3.87. The monoisotopic (exact) mass is 257 g/mol. The fourth-order valence-corrected chi connectivity index (χ4v) is 2.78. The van der Waals surface area contributed by atoms with Crippen LogP contribution in [0.15, 0.2) is 23.1 Å². The molecule has 1 unspecified atom stereocenters. The van der Waals surface area contributed by atoms with E-state index in [1.165, 1.54) is 0 Å². The fourth-order valence-electron chi connectivity index (χ4n) is 1.48. The zero-order valence-electron chi connectivity index (χ0n) is 10.6. The first-order valence-corrected chi connectivity index (χ1v) is 6.94. The van der Waals surface area contributed by atoms with Crippen molar-refractivity contribution in [2.24, 2.45) is 0 Å². The number of nitrogens with one attached hydrogen (secondary N) is 1. The average Bonchev–Trinajstić information content (AvgIpc) is 2.24. The van der Waals surface area contributed by atoms with E-state index in [4.69, 9.17) is 4.74 Å². The molecule has 1 N–H and O–H groups in total. The SMILES string of the molecule is COC(C)CNS(=O)(=O)c1cc(C)cc(C)c1. The van der Waals surface area contributed by atoms with E-state index >= 15 is 0 Å². The molecular formula is C12H19NO3S. The number of rotatable bonds is 5. The molecular weight excluding hydrogens is 238 g/mol. The molecule has 0 aliphatic carbocycles. The van der Waals surface area contributed by atoms with Gasteiger partial charge in [-0.25, -0.2) is 13.1 Å². The maximum atomic E-state index is 12.0. The lowest BCUT2D eigenvalue weighted by Gasteiger charge is -2.12. The topological polar surface area (TPSA) is 55.4 Å². The molecule has 0 aliphatic heterocycles. The highest BCUT2D eigenvalue weighted by atomic mass is 32.2. The Kier molecular flexibility index (Phi) is 4.68. The van der Waals surface area contributed by atoms with Crippen LogP contribution in [0.1, 0.15) is 18.1 Å². The van der Waals surface area contributed by atoms with E-state index in [0.717, 1.165) is 11.1 Å². The molecule has 5 heteroatoms. The molecule has 0 aromatic heterocycles. The van der Waals surface area contributed by atoms with Crippen molar-refractivity contribution in [2.45, 2.75) is 31.8 Å². The standard InChI is InChI=1S/C12H19NO3S/c1-9-5-10(2)7-12(6-9)17(14,15)13-8-11(3)16-4/h5-7,11,13H,8H2,1-4H3. The van der Waals surface area contributed by atoms with E-state index in [-0.39, 0.29) is 12.6 Å². The van der Waals surface area contributed by atoms with Crippen LogP contribution in [0.25, 0.3) is 0 Å². The predicted molar refractivity (Wildman–Crippen MR) is 67.6 cm³/mol. The van der Waals surface area contributed by atoms with Crippen molar-refractivity contribution >= 4 is 10.0 Å². The maximum Gasteiger partial charge on any atom is 0.240 e. The van der Waals surface area contributed by atoms with Crippen LogP contribution >= 0.6 is 0 Å². The Hall–Kier alpha value is -0.910. The highest BCUT2D eigenvalue weighted by Gasteiger charge is 2.15. The van der Waals surface area contributed by atoms with Gasteiger partial charge in [0, 0.05) is 13.7 Å². The molecule has 1 aromatic rings. The molecule has 0 amide bonds. The summed E-state index contributed by atoms with van der Waals surface area (Å²) in [6, 6.07) is 5.26. The first-order chi connectivity index (χ1) is 7.85. The van der Waals surface area contributed by atoms with Gasteiger partial charge in [0.05, 0.1) is 11.0 Å². The third-order valence-electron chi connectivity index (χ3n) is 2.47. The summed E-state index contributed by atoms with van der Waals surface area (Å²) in [4.78, 5) is 0.304. The summed E-state index contributed by atoms with van der Waals surface area (Å²) in [6.07, 6.45) is -0.143. The number of methoxy groups -OCH3 is 1. The second-order valence-corrected chi connectivity index (χ2v) is 5.99. The number of benzene rings is 1. The molecule has 0 saturated carbocycles. The van der Waals surface area contributed by atoms with Gasteiger partial charge < -0.3 is 4.74 Å². The number of sulfonamides is 1. The van der Waals surface area contributed by atoms with Crippen LogP contribution in [-0.4, -0.2) is 28.2 Å². The van der Waals surface area contributed by atoms with Crippen LogP contribution in [0, 0.1) is 13.8 Å². The summed E-state index contributed by atoms with van der Waals surface area (Å²) in [6.45, 7) is 5.84. The molecule has 0 radical (unpaired) electrons. The van der Waals surface area contributed by atoms with Gasteiger partial charge in [0.25, 0.3) is 0 Å². The van der Waals surface area contributed by atoms with E-state index in [1.807, 2.05) is 26.8 Å². The Morgan fingerprint density at radius 1 is 1.24 bits per heavy atom. The summed E-state index contributed by atoms with van der Waals surface area (Å²) in [5.74, 6) is 0. The Morgan fingerprint density at radius 2 is 1.76 bits per heavy atom. The van der Waals surface area contributed by atoms with E-state index in [1.54, 1.807) is 19.2 Å². The second kappa shape index (κ2) is 5.62. The minimum Gasteiger partial charge on any atom is -0.380 e. The van der Waals surface area contributed by atoms with E-state index in [9.17, 15) is 8.42 Å². The van der Waals surface area contributed by atoms with Crippen molar-refractivity contribution in [3.63, 3.8) is 0 Å². The second-order valence-electron chi connectivity index (χ2n) is 4.22. The molecule has 0 heterocycles. The quantitative estimate of drug-likeness (QED) is 0.872. The van der Waals surface area contributed by atoms with Crippen molar-refractivity contribution in [1.29, 1.82) is 0 Å². The van der Waals surface area contributed by atoms with Gasteiger partial charge in [-0.15, -0.1) is 0 Å². The third kappa shape index (κ3) is 4.11. The van der Waals surface area contributed by atoms with Gasteiger partial charge in [0.15, 0.2) is 0 Å². The normalized spacial score (nSPS) is 13.6. The Bertz CT molecular complexity index is 462. The largest absolute Gasteiger partial charge is 0.380 e. The molecule has 0 fully saturated rings. The molecule has 1 rings (SSSR count). The molecule has 17 heavy (non-hydrogen) atoms. The Balaban J connectivity index is 2.89. The molecule has 0 spiro atoms. The highest BCUT2D eigenvalue weighted by Crippen LogP contribution is 2.14. The van der Waals surface area contributed by atoms with Gasteiger partial charge in [-0.3, -0.25) is 0 Å². The van der Waals surface area contributed by atoms with Crippen LogP contribution in [0.5, 0.6) is 0 Å².